The van der Waals surface area contributed by atoms with E-state index in [0.717, 1.165) is 19.4 Å². The molecule has 1 N–H and O–H groups in total. The SMILES string of the molecule is O=C(CCC1CCS(=O)(=O)C1)NCC1CCCO1. The molecule has 104 valence electrons. The zero-order chi connectivity index (χ0) is 13.0. The number of rotatable bonds is 5. The molecule has 0 spiro atoms. The Hall–Kier alpha value is -0.620. The molecule has 2 fully saturated rings. The van der Waals surface area contributed by atoms with E-state index in [4.69, 9.17) is 4.74 Å². The zero-order valence-electron chi connectivity index (χ0n) is 10.6. The first kappa shape index (κ1) is 13.8. The van der Waals surface area contributed by atoms with Crippen LogP contribution in [-0.2, 0) is 19.4 Å². The number of hydrogen-bond donors (Lipinski definition) is 1. The third-order valence-electron chi connectivity index (χ3n) is 3.66. The topological polar surface area (TPSA) is 72.5 Å². The van der Waals surface area contributed by atoms with E-state index in [1.54, 1.807) is 0 Å². The third kappa shape index (κ3) is 4.24. The molecule has 0 saturated carbocycles. The maximum atomic E-state index is 11.6. The van der Waals surface area contributed by atoms with Crippen LogP contribution in [0.5, 0.6) is 0 Å². The van der Waals surface area contributed by atoms with E-state index in [0.29, 0.717) is 25.8 Å². The van der Waals surface area contributed by atoms with Gasteiger partial charge in [0.05, 0.1) is 17.6 Å². The molecule has 2 atom stereocenters. The third-order valence-corrected chi connectivity index (χ3v) is 5.49. The molecule has 2 aliphatic rings. The molecule has 0 aromatic carbocycles. The van der Waals surface area contributed by atoms with E-state index in [-0.39, 0.29) is 29.4 Å². The number of carbonyl (C=O) groups excluding carboxylic acids is 1. The molecule has 2 saturated heterocycles. The average Bonchev–Trinajstić information content (AvgIpc) is 2.93. The lowest BCUT2D eigenvalue weighted by Crippen LogP contribution is -2.31. The van der Waals surface area contributed by atoms with Crippen LogP contribution in [0.25, 0.3) is 0 Å². The Bertz CT molecular complexity index is 387. The van der Waals surface area contributed by atoms with Crippen LogP contribution < -0.4 is 5.32 Å². The molecule has 6 heteroatoms. The van der Waals surface area contributed by atoms with Gasteiger partial charge < -0.3 is 10.1 Å². The van der Waals surface area contributed by atoms with Crippen LogP contribution in [0.15, 0.2) is 0 Å². The van der Waals surface area contributed by atoms with Crippen molar-refractivity contribution in [2.75, 3.05) is 24.7 Å². The molecule has 5 nitrogen and oxygen atoms in total. The Morgan fingerprint density at radius 3 is 2.78 bits per heavy atom. The van der Waals surface area contributed by atoms with Crippen LogP contribution in [0.2, 0.25) is 0 Å². The van der Waals surface area contributed by atoms with Gasteiger partial charge in [0.15, 0.2) is 9.84 Å². The van der Waals surface area contributed by atoms with Crippen molar-refractivity contribution in [3.05, 3.63) is 0 Å². The van der Waals surface area contributed by atoms with Crippen LogP contribution in [0.1, 0.15) is 32.1 Å². The maximum Gasteiger partial charge on any atom is 0.220 e. The van der Waals surface area contributed by atoms with Crippen LogP contribution >= 0.6 is 0 Å². The highest BCUT2D eigenvalue weighted by molar-refractivity contribution is 7.91. The predicted molar refractivity (Wildman–Crippen MR) is 68.0 cm³/mol. The van der Waals surface area contributed by atoms with Crippen molar-refractivity contribution < 1.29 is 17.9 Å². The van der Waals surface area contributed by atoms with Gasteiger partial charge in [0.2, 0.25) is 5.91 Å². The second-order valence-corrected chi connectivity index (χ2v) is 7.48. The highest BCUT2D eigenvalue weighted by Gasteiger charge is 2.28. The zero-order valence-corrected chi connectivity index (χ0v) is 11.4. The summed E-state index contributed by atoms with van der Waals surface area (Å²) in [5.74, 6) is 0.722. The van der Waals surface area contributed by atoms with Gasteiger partial charge in [-0.1, -0.05) is 0 Å². The van der Waals surface area contributed by atoms with Gasteiger partial charge >= 0.3 is 0 Å². The molecule has 1 amide bonds. The van der Waals surface area contributed by atoms with E-state index >= 15 is 0 Å². The molecule has 0 aliphatic carbocycles. The fourth-order valence-corrected chi connectivity index (χ4v) is 4.47. The van der Waals surface area contributed by atoms with Gasteiger partial charge in [-0.25, -0.2) is 8.42 Å². The molecule has 2 unspecified atom stereocenters. The van der Waals surface area contributed by atoms with Crippen LogP contribution in [0.4, 0.5) is 0 Å². The van der Waals surface area contributed by atoms with Gasteiger partial charge in [-0.3, -0.25) is 4.79 Å². The van der Waals surface area contributed by atoms with Gasteiger partial charge in [-0.05, 0) is 31.6 Å². The number of sulfone groups is 1. The van der Waals surface area contributed by atoms with Crippen molar-refractivity contribution in [3.63, 3.8) is 0 Å². The number of hydrogen-bond acceptors (Lipinski definition) is 4. The van der Waals surface area contributed by atoms with E-state index in [1.165, 1.54) is 0 Å². The van der Waals surface area contributed by atoms with E-state index in [2.05, 4.69) is 5.32 Å². The quantitative estimate of drug-likeness (QED) is 0.793. The van der Waals surface area contributed by atoms with Gasteiger partial charge in [0, 0.05) is 19.6 Å². The first-order chi connectivity index (χ1) is 8.55. The van der Waals surface area contributed by atoms with Gasteiger partial charge in [0.25, 0.3) is 0 Å². The summed E-state index contributed by atoms with van der Waals surface area (Å²) < 4.78 is 28.0. The Labute approximate surface area is 108 Å². The van der Waals surface area contributed by atoms with Crippen molar-refractivity contribution in [3.8, 4) is 0 Å². The number of carbonyl (C=O) groups is 1. The van der Waals surface area contributed by atoms with Gasteiger partial charge in [-0.15, -0.1) is 0 Å². The fraction of sp³-hybridized carbons (Fsp3) is 0.917. The van der Waals surface area contributed by atoms with Crippen molar-refractivity contribution in [2.24, 2.45) is 5.92 Å². The lowest BCUT2D eigenvalue weighted by atomic mass is 10.0. The molecule has 2 aliphatic heterocycles. The van der Waals surface area contributed by atoms with Crippen molar-refractivity contribution >= 4 is 15.7 Å². The Balaban J connectivity index is 1.60. The summed E-state index contributed by atoms with van der Waals surface area (Å²) >= 11 is 0. The smallest absolute Gasteiger partial charge is 0.220 e. The largest absolute Gasteiger partial charge is 0.376 e. The number of amides is 1. The molecule has 18 heavy (non-hydrogen) atoms. The molecule has 2 heterocycles. The van der Waals surface area contributed by atoms with E-state index in [9.17, 15) is 13.2 Å². The first-order valence-corrected chi connectivity index (χ1v) is 8.46. The van der Waals surface area contributed by atoms with Crippen LogP contribution in [0.3, 0.4) is 0 Å². The molecule has 2 rings (SSSR count). The fourth-order valence-electron chi connectivity index (χ4n) is 2.56. The van der Waals surface area contributed by atoms with Gasteiger partial charge in [-0.2, -0.15) is 0 Å². The lowest BCUT2D eigenvalue weighted by molar-refractivity contribution is -0.121. The molecule has 0 radical (unpaired) electrons. The van der Waals surface area contributed by atoms with Crippen molar-refractivity contribution in [1.29, 1.82) is 0 Å². The van der Waals surface area contributed by atoms with Crippen LogP contribution in [-0.4, -0.2) is 45.1 Å². The summed E-state index contributed by atoms with van der Waals surface area (Å²) in [5, 5.41) is 2.86. The highest BCUT2D eigenvalue weighted by Crippen LogP contribution is 2.22. The minimum Gasteiger partial charge on any atom is -0.376 e. The number of ether oxygens (including phenoxy) is 1. The summed E-state index contributed by atoms with van der Waals surface area (Å²) in [4.78, 5) is 11.6. The summed E-state index contributed by atoms with van der Waals surface area (Å²) in [5.41, 5.74) is 0. The Kier molecular flexibility index (Phi) is 4.61. The first-order valence-electron chi connectivity index (χ1n) is 6.64. The van der Waals surface area contributed by atoms with Crippen molar-refractivity contribution in [2.45, 2.75) is 38.2 Å². The van der Waals surface area contributed by atoms with Crippen LogP contribution in [0, 0.1) is 5.92 Å². The normalized spacial score (nSPS) is 30.4. The van der Waals surface area contributed by atoms with Gasteiger partial charge in [0.1, 0.15) is 0 Å². The molecule has 0 aromatic heterocycles. The van der Waals surface area contributed by atoms with E-state index in [1.807, 2.05) is 0 Å². The maximum absolute atomic E-state index is 11.6. The predicted octanol–water partition coefficient (Wildman–Crippen LogP) is 0.496. The molecular weight excluding hydrogens is 254 g/mol. The minimum absolute atomic E-state index is 0.00907. The van der Waals surface area contributed by atoms with Crippen molar-refractivity contribution in [1.82, 2.24) is 5.32 Å². The molecule has 0 bridgehead atoms. The minimum atomic E-state index is -2.82. The molecule has 0 aromatic rings. The summed E-state index contributed by atoms with van der Waals surface area (Å²) in [6.45, 7) is 1.38. The Morgan fingerprint density at radius 2 is 2.17 bits per heavy atom. The number of nitrogens with one attached hydrogen (secondary N) is 1. The summed E-state index contributed by atoms with van der Waals surface area (Å²) in [7, 11) is -2.82. The summed E-state index contributed by atoms with van der Waals surface area (Å²) in [6.07, 6.45) is 4.06. The molecular formula is C12H21NO4S. The second kappa shape index (κ2) is 6.02. The monoisotopic (exact) mass is 275 g/mol. The lowest BCUT2D eigenvalue weighted by Gasteiger charge is -2.11. The highest BCUT2D eigenvalue weighted by atomic mass is 32.2. The Morgan fingerprint density at radius 1 is 1.33 bits per heavy atom. The standard InChI is InChI=1S/C12H21NO4S/c14-12(13-8-11-2-1-6-17-11)4-3-10-5-7-18(15,16)9-10/h10-11H,1-9H2,(H,13,14). The second-order valence-electron chi connectivity index (χ2n) is 5.25. The average molecular weight is 275 g/mol. The van der Waals surface area contributed by atoms with E-state index < -0.39 is 9.84 Å². The summed E-state index contributed by atoms with van der Waals surface area (Å²) in [6, 6.07) is 0.